The Bertz CT molecular complexity index is 1580. The maximum atomic E-state index is 12.8. The summed E-state index contributed by atoms with van der Waals surface area (Å²) in [5.41, 5.74) is 8.51. The molecule has 4 N–H and O–H groups in total. The summed E-state index contributed by atoms with van der Waals surface area (Å²) in [5.74, 6) is 1.45. The summed E-state index contributed by atoms with van der Waals surface area (Å²) in [7, 11) is -3.85. The molecule has 12 heteroatoms. The van der Waals surface area contributed by atoms with E-state index in [9.17, 15) is 8.42 Å². The molecule has 4 aromatic rings. The molecule has 0 radical (unpaired) electrons. The van der Waals surface area contributed by atoms with E-state index in [0.717, 1.165) is 25.7 Å². The van der Waals surface area contributed by atoms with Crippen LogP contribution >= 0.6 is 24.0 Å². The fraction of sp³-hybridized carbons (Fsp3) is 0.250. The zero-order valence-corrected chi connectivity index (χ0v) is 24.1. The van der Waals surface area contributed by atoms with E-state index in [0.29, 0.717) is 46.1 Å². The van der Waals surface area contributed by atoms with Gasteiger partial charge in [-0.05, 0) is 86.7 Å². The second-order valence-electron chi connectivity index (χ2n) is 9.50. The highest BCUT2D eigenvalue weighted by Gasteiger charge is 2.20. The highest BCUT2D eigenvalue weighted by molar-refractivity contribution is 7.92. The van der Waals surface area contributed by atoms with Gasteiger partial charge in [-0.25, -0.2) is 23.4 Å². The zero-order chi connectivity index (χ0) is 27.4. The number of nitrogens with two attached hydrogens (primary N) is 1. The molecule has 0 spiro atoms. The van der Waals surface area contributed by atoms with Crippen LogP contribution in [-0.2, 0) is 10.0 Å². The average Bonchev–Trinajstić information content (AvgIpc) is 2.92. The van der Waals surface area contributed by atoms with Gasteiger partial charge in [0.15, 0.2) is 0 Å². The lowest BCUT2D eigenvalue weighted by atomic mass is 9.92. The summed E-state index contributed by atoms with van der Waals surface area (Å²) >= 11 is 6.09. The van der Waals surface area contributed by atoms with Crippen LogP contribution in [0.2, 0.25) is 5.02 Å². The Hall–Kier alpha value is -3.44. The van der Waals surface area contributed by atoms with Crippen molar-refractivity contribution in [1.29, 1.82) is 0 Å². The molecule has 0 amide bonds. The van der Waals surface area contributed by atoms with Gasteiger partial charge in [0.1, 0.15) is 10.6 Å². The second kappa shape index (κ2) is 12.8. The van der Waals surface area contributed by atoms with Crippen molar-refractivity contribution < 1.29 is 13.2 Å². The van der Waals surface area contributed by atoms with E-state index < -0.39 is 10.0 Å². The maximum absolute atomic E-state index is 12.8. The summed E-state index contributed by atoms with van der Waals surface area (Å²) in [6, 6.07) is 17.4. The molecular formula is C28H30Cl2N6O3S. The number of nitrogens with zero attached hydrogens (tertiary/aromatic N) is 3. The number of ether oxygens (including phenoxy) is 1. The minimum Gasteiger partial charge on any atom is -0.438 e. The van der Waals surface area contributed by atoms with E-state index in [1.165, 1.54) is 12.1 Å². The molecule has 1 aliphatic carbocycles. The molecule has 9 nitrogen and oxygen atoms in total. The van der Waals surface area contributed by atoms with E-state index in [2.05, 4.69) is 20.0 Å². The zero-order valence-electron chi connectivity index (χ0n) is 21.7. The SMILES string of the molecule is Cc1cc(NS(=O)(=O)c2ccccc2Cl)ccc1Oc1ncccc1-c1ccnc(NC2CCC(N)CC2)n1.Cl. The van der Waals surface area contributed by atoms with Crippen molar-refractivity contribution >= 4 is 45.7 Å². The van der Waals surface area contributed by atoms with Crippen LogP contribution in [0.25, 0.3) is 11.3 Å². The standard InChI is InChI=1S/C28H29ClN6O3S.ClH/c1-18-17-21(35-39(36,37)26-7-3-2-6-23(26)29)12-13-25(18)38-27-22(5-4-15-31-27)24-14-16-32-28(34-24)33-20-10-8-19(30)9-11-20;/h2-7,12-17,19-20,35H,8-11,30H2,1H3,(H,32,33,34);1H. The number of sulfonamides is 1. The number of nitrogens with one attached hydrogen (secondary N) is 2. The van der Waals surface area contributed by atoms with Crippen molar-refractivity contribution in [2.24, 2.45) is 5.73 Å². The van der Waals surface area contributed by atoms with Gasteiger partial charge >= 0.3 is 0 Å². The highest BCUT2D eigenvalue weighted by Crippen LogP contribution is 2.34. The van der Waals surface area contributed by atoms with Crippen LogP contribution in [0.3, 0.4) is 0 Å². The molecule has 210 valence electrons. The molecule has 1 saturated carbocycles. The summed E-state index contributed by atoms with van der Waals surface area (Å²) in [4.78, 5) is 13.5. The van der Waals surface area contributed by atoms with Crippen LogP contribution in [0, 0.1) is 6.92 Å². The first-order valence-electron chi connectivity index (χ1n) is 12.6. The van der Waals surface area contributed by atoms with Gasteiger partial charge in [0.05, 0.1) is 16.3 Å². The summed E-state index contributed by atoms with van der Waals surface area (Å²) < 4.78 is 34.4. The predicted molar refractivity (Wildman–Crippen MR) is 160 cm³/mol. The normalized spacial score (nSPS) is 17.0. The smallest absolute Gasteiger partial charge is 0.263 e. The largest absolute Gasteiger partial charge is 0.438 e. The molecule has 0 aliphatic heterocycles. The third-order valence-electron chi connectivity index (χ3n) is 6.57. The van der Waals surface area contributed by atoms with Crippen molar-refractivity contribution in [2.75, 3.05) is 10.0 Å². The van der Waals surface area contributed by atoms with E-state index in [-0.39, 0.29) is 28.4 Å². The van der Waals surface area contributed by atoms with Crippen molar-refractivity contribution in [3.63, 3.8) is 0 Å². The lowest BCUT2D eigenvalue weighted by Gasteiger charge is -2.26. The third kappa shape index (κ3) is 7.00. The molecule has 0 saturated heterocycles. The molecule has 0 atom stereocenters. The topological polar surface area (TPSA) is 132 Å². The summed E-state index contributed by atoms with van der Waals surface area (Å²) in [6.45, 7) is 1.83. The second-order valence-corrected chi connectivity index (χ2v) is 11.6. The Morgan fingerprint density at radius 1 is 0.975 bits per heavy atom. The molecule has 40 heavy (non-hydrogen) atoms. The van der Waals surface area contributed by atoms with E-state index in [4.69, 9.17) is 27.1 Å². The van der Waals surface area contributed by atoms with Gasteiger partial charge in [0.25, 0.3) is 10.0 Å². The van der Waals surface area contributed by atoms with Gasteiger partial charge in [0, 0.05) is 30.2 Å². The number of hydrogen-bond donors (Lipinski definition) is 3. The molecule has 2 aromatic heterocycles. The van der Waals surface area contributed by atoms with Crippen LogP contribution < -0.4 is 20.5 Å². The van der Waals surface area contributed by atoms with Crippen LogP contribution in [-0.4, -0.2) is 35.5 Å². The Kier molecular flexibility index (Phi) is 9.47. The number of hydrogen-bond acceptors (Lipinski definition) is 8. The van der Waals surface area contributed by atoms with Crippen LogP contribution in [0.1, 0.15) is 31.2 Å². The monoisotopic (exact) mass is 600 g/mol. The third-order valence-corrected chi connectivity index (χ3v) is 8.45. The number of benzene rings is 2. The van der Waals surface area contributed by atoms with Crippen LogP contribution in [0.15, 0.2) is 78.0 Å². The Morgan fingerprint density at radius 3 is 2.50 bits per heavy atom. The van der Waals surface area contributed by atoms with Crippen LogP contribution in [0.4, 0.5) is 11.6 Å². The lowest BCUT2D eigenvalue weighted by Crippen LogP contribution is -2.33. The fourth-order valence-corrected chi connectivity index (χ4v) is 6.07. The molecule has 1 fully saturated rings. The van der Waals surface area contributed by atoms with Gasteiger partial charge < -0.3 is 15.8 Å². The molecule has 0 bridgehead atoms. The van der Waals surface area contributed by atoms with Gasteiger partial charge in [-0.3, -0.25) is 4.72 Å². The predicted octanol–water partition coefficient (Wildman–Crippen LogP) is 6.20. The van der Waals surface area contributed by atoms with E-state index in [1.54, 1.807) is 42.7 Å². The number of pyridine rings is 1. The molecular weight excluding hydrogens is 571 g/mol. The van der Waals surface area contributed by atoms with E-state index >= 15 is 0 Å². The van der Waals surface area contributed by atoms with Crippen molar-refractivity contribution in [2.45, 2.75) is 49.6 Å². The number of aromatic nitrogens is 3. The maximum Gasteiger partial charge on any atom is 0.263 e. The first kappa shape index (κ1) is 29.5. The number of anilines is 2. The van der Waals surface area contributed by atoms with Gasteiger partial charge in [-0.1, -0.05) is 23.7 Å². The molecule has 5 rings (SSSR count). The van der Waals surface area contributed by atoms with Gasteiger partial charge in [0.2, 0.25) is 11.8 Å². The quantitative estimate of drug-likeness (QED) is 0.218. The molecule has 0 unspecified atom stereocenters. The molecule has 2 aromatic carbocycles. The minimum absolute atomic E-state index is 0. The Labute approximate surface area is 245 Å². The first-order valence-corrected chi connectivity index (χ1v) is 14.5. The average molecular weight is 602 g/mol. The Morgan fingerprint density at radius 2 is 1.75 bits per heavy atom. The Balaban J connectivity index is 0.00000370. The van der Waals surface area contributed by atoms with Crippen molar-refractivity contribution in [3.05, 3.63) is 83.6 Å². The van der Waals surface area contributed by atoms with Gasteiger partial charge in [-0.15, -0.1) is 12.4 Å². The summed E-state index contributed by atoms with van der Waals surface area (Å²) in [6.07, 6.45) is 7.29. The molecule has 2 heterocycles. The molecule has 1 aliphatic rings. The van der Waals surface area contributed by atoms with Crippen molar-refractivity contribution in [1.82, 2.24) is 15.0 Å². The van der Waals surface area contributed by atoms with Gasteiger partial charge in [-0.2, -0.15) is 0 Å². The number of rotatable bonds is 8. The number of aryl methyl sites for hydroxylation is 1. The fourth-order valence-electron chi connectivity index (χ4n) is 4.50. The highest BCUT2D eigenvalue weighted by atomic mass is 35.5. The van der Waals surface area contributed by atoms with Crippen LogP contribution in [0.5, 0.6) is 11.6 Å². The summed E-state index contributed by atoms with van der Waals surface area (Å²) in [5, 5.41) is 3.58. The van der Waals surface area contributed by atoms with Crippen molar-refractivity contribution in [3.8, 4) is 22.9 Å². The number of halogens is 2. The minimum atomic E-state index is -3.85. The van der Waals surface area contributed by atoms with E-state index in [1.807, 2.05) is 25.1 Å². The first-order chi connectivity index (χ1) is 18.8. The lowest BCUT2D eigenvalue weighted by molar-refractivity contribution is 0.410.